The maximum atomic E-state index is 11.8. The lowest BCUT2D eigenvalue weighted by atomic mass is 10.0. The Labute approximate surface area is 143 Å². The molecule has 1 unspecified atom stereocenters. The fourth-order valence-electron chi connectivity index (χ4n) is 3.00. The highest BCUT2D eigenvalue weighted by molar-refractivity contribution is 8.15. The number of amides is 2. The molecule has 2 amide bonds. The van der Waals surface area contributed by atoms with Gasteiger partial charge in [0.2, 0.25) is 5.91 Å². The van der Waals surface area contributed by atoms with Gasteiger partial charge in [-0.1, -0.05) is 30.0 Å². The van der Waals surface area contributed by atoms with Crippen LogP contribution in [-0.2, 0) is 17.8 Å². The first-order chi connectivity index (χ1) is 11.7. The molecule has 1 saturated heterocycles. The molecule has 0 saturated carbocycles. The lowest BCUT2D eigenvalue weighted by Crippen LogP contribution is -2.25. The first-order valence-electron chi connectivity index (χ1n) is 7.69. The van der Waals surface area contributed by atoms with Crippen LogP contribution in [0.15, 0.2) is 54.9 Å². The average molecular weight is 337 g/mol. The van der Waals surface area contributed by atoms with Crippen LogP contribution in [0.5, 0.6) is 0 Å². The lowest BCUT2D eigenvalue weighted by Gasteiger charge is -2.09. The van der Waals surface area contributed by atoms with Crippen molar-refractivity contribution in [3.8, 4) is 0 Å². The molecule has 1 fully saturated rings. The van der Waals surface area contributed by atoms with Crippen molar-refractivity contribution in [3.63, 3.8) is 0 Å². The number of imide groups is 1. The van der Waals surface area contributed by atoms with Gasteiger partial charge in [-0.25, -0.2) is 0 Å². The summed E-state index contributed by atoms with van der Waals surface area (Å²) < 4.78 is 2.15. The molecular weight excluding hydrogens is 322 g/mol. The van der Waals surface area contributed by atoms with Crippen molar-refractivity contribution in [1.29, 1.82) is 0 Å². The number of hydrogen-bond acceptors (Lipinski definition) is 4. The Morgan fingerprint density at radius 2 is 2.04 bits per heavy atom. The van der Waals surface area contributed by atoms with Gasteiger partial charge in [0, 0.05) is 23.3 Å². The summed E-state index contributed by atoms with van der Waals surface area (Å²) in [5.41, 5.74) is 3.18. The molecule has 120 valence electrons. The molecule has 3 aromatic rings. The summed E-state index contributed by atoms with van der Waals surface area (Å²) in [7, 11) is 0. The number of carbonyl (C=O) groups excluding carboxylic acids is 2. The van der Waals surface area contributed by atoms with Gasteiger partial charge in [-0.05, 0) is 36.2 Å². The van der Waals surface area contributed by atoms with Crippen LogP contribution in [0, 0.1) is 0 Å². The molecule has 3 heterocycles. The molecule has 1 aliphatic rings. The van der Waals surface area contributed by atoms with E-state index in [-0.39, 0.29) is 16.4 Å². The highest BCUT2D eigenvalue weighted by Crippen LogP contribution is 2.27. The van der Waals surface area contributed by atoms with E-state index in [4.69, 9.17) is 0 Å². The van der Waals surface area contributed by atoms with Crippen molar-refractivity contribution >= 4 is 33.8 Å². The van der Waals surface area contributed by atoms with Crippen LogP contribution in [0.25, 0.3) is 10.9 Å². The number of aromatic nitrogens is 2. The second-order valence-corrected chi connectivity index (χ2v) is 6.88. The molecule has 4 rings (SSSR count). The van der Waals surface area contributed by atoms with Crippen LogP contribution in [0.2, 0.25) is 0 Å². The van der Waals surface area contributed by atoms with Crippen molar-refractivity contribution in [1.82, 2.24) is 14.9 Å². The minimum atomic E-state index is -0.345. The van der Waals surface area contributed by atoms with Gasteiger partial charge in [-0.2, -0.15) is 0 Å². The summed E-state index contributed by atoms with van der Waals surface area (Å²) in [5, 5.41) is 2.85. The number of rotatable bonds is 4. The predicted molar refractivity (Wildman–Crippen MR) is 93.9 cm³/mol. The van der Waals surface area contributed by atoms with Crippen molar-refractivity contribution < 1.29 is 9.59 Å². The molecule has 5 nitrogen and oxygen atoms in total. The smallest absolute Gasteiger partial charge is 0.286 e. The highest BCUT2D eigenvalue weighted by Gasteiger charge is 2.31. The maximum absolute atomic E-state index is 11.8. The van der Waals surface area contributed by atoms with E-state index in [0.717, 1.165) is 33.9 Å². The zero-order valence-corrected chi connectivity index (χ0v) is 13.6. The van der Waals surface area contributed by atoms with E-state index in [0.29, 0.717) is 13.0 Å². The third-order valence-electron chi connectivity index (χ3n) is 4.13. The fourth-order valence-corrected chi connectivity index (χ4v) is 3.84. The Kier molecular flexibility index (Phi) is 3.82. The standard InChI is InChI=1S/C18H15N3O2S/c22-17-16(24-18(23)20-17)10-12-4-3-6-15-14(12)7-9-21(15)11-13-5-1-2-8-19-13/h1-9,16H,10-11H2,(H,20,22,23). The van der Waals surface area contributed by atoms with Gasteiger partial charge in [0.05, 0.1) is 17.5 Å². The number of nitrogens with zero attached hydrogens (tertiary/aromatic N) is 2. The van der Waals surface area contributed by atoms with Crippen LogP contribution >= 0.6 is 11.8 Å². The van der Waals surface area contributed by atoms with E-state index in [1.807, 2.05) is 36.5 Å². The predicted octanol–water partition coefficient (Wildman–Crippen LogP) is 2.98. The Hall–Kier alpha value is -2.60. The second-order valence-electron chi connectivity index (χ2n) is 5.70. The van der Waals surface area contributed by atoms with Crippen LogP contribution in [0.4, 0.5) is 4.79 Å². The van der Waals surface area contributed by atoms with Crippen molar-refractivity contribution in [2.75, 3.05) is 0 Å². The number of fused-ring (bicyclic) bond motifs is 1. The molecule has 2 aromatic heterocycles. The topological polar surface area (TPSA) is 64.0 Å². The van der Waals surface area contributed by atoms with Gasteiger partial charge >= 0.3 is 0 Å². The van der Waals surface area contributed by atoms with Gasteiger partial charge in [0.15, 0.2) is 0 Å². The number of nitrogens with one attached hydrogen (secondary N) is 1. The largest absolute Gasteiger partial charge is 0.341 e. The minimum absolute atomic E-state index is 0.199. The molecule has 1 aromatic carbocycles. The SMILES string of the molecule is O=C1NC(=O)C(Cc2cccc3c2ccn3Cc2ccccn2)S1. The molecule has 0 bridgehead atoms. The van der Waals surface area contributed by atoms with Crippen molar-refractivity contribution in [2.24, 2.45) is 0 Å². The van der Waals surface area contributed by atoms with Gasteiger partial charge in [0.25, 0.3) is 5.24 Å². The molecule has 1 N–H and O–H groups in total. The summed E-state index contributed by atoms with van der Waals surface area (Å²) >= 11 is 1.07. The van der Waals surface area contributed by atoms with Crippen molar-refractivity contribution in [2.45, 2.75) is 18.2 Å². The second kappa shape index (κ2) is 6.13. The molecule has 0 radical (unpaired) electrons. The van der Waals surface area contributed by atoms with Gasteiger partial charge < -0.3 is 4.57 Å². The Balaban J connectivity index is 1.64. The normalized spacial score (nSPS) is 17.4. The van der Waals surface area contributed by atoms with Crippen LogP contribution in [-0.4, -0.2) is 25.9 Å². The summed E-state index contributed by atoms with van der Waals surface area (Å²) in [4.78, 5) is 27.5. The molecule has 24 heavy (non-hydrogen) atoms. The number of hydrogen-bond donors (Lipinski definition) is 1. The summed E-state index contributed by atoms with van der Waals surface area (Å²) in [5.74, 6) is -0.199. The van der Waals surface area contributed by atoms with Crippen LogP contribution in [0.3, 0.4) is 0 Å². The molecule has 0 aliphatic carbocycles. The average Bonchev–Trinajstić information content (AvgIpc) is 3.13. The van der Waals surface area contributed by atoms with E-state index in [9.17, 15) is 9.59 Å². The monoisotopic (exact) mass is 337 g/mol. The lowest BCUT2D eigenvalue weighted by molar-refractivity contribution is -0.118. The molecule has 1 aliphatic heterocycles. The van der Waals surface area contributed by atoms with E-state index >= 15 is 0 Å². The molecular formula is C18H15N3O2S. The van der Waals surface area contributed by atoms with Crippen LogP contribution in [0.1, 0.15) is 11.3 Å². The number of benzene rings is 1. The number of carbonyl (C=O) groups is 2. The number of thioether (sulfide) groups is 1. The summed E-state index contributed by atoms with van der Waals surface area (Å²) in [6.45, 7) is 0.699. The third kappa shape index (κ3) is 2.80. The first kappa shape index (κ1) is 15.0. The molecule has 6 heteroatoms. The maximum Gasteiger partial charge on any atom is 0.286 e. The highest BCUT2D eigenvalue weighted by atomic mass is 32.2. The van der Waals surface area contributed by atoms with Crippen LogP contribution < -0.4 is 5.32 Å². The minimum Gasteiger partial charge on any atom is -0.341 e. The Morgan fingerprint density at radius 1 is 1.12 bits per heavy atom. The molecule has 0 spiro atoms. The van der Waals surface area contributed by atoms with E-state index in [1.165, 1.54) is 0 Å². The summed E-state index contributed by atoms with van der Waals surface area (Å²) in [6.07, 6.45) is 4.38. The van der Waals surface area contributed by atoms with E-state index < -0.39 is 0 Å². The van der Waals surface area contributed by atoms with E-state index in [1.54, 1.807) is 6.20 Å². The number of pyridine rings is 1. The Bertz CT molecular complexity index is 920. The molecule has 1 atom stereocenters. The Morgan fingerprint density at radius 3 is 2.79 bits per heavy atom. The first-order valence-corrected chi connectivity index (χ1v) is 8.57. The fraction of sp³-hybridized carbons (Fsp3) is 0.167. The zero-order valence-electron chi connectivity index (χ0n) is 12.8. The van der Waals surface area contributed by atoms with Gasteiger partial charge in [-0.3, -0.25) is 19.9 Å². The van der Waals surface area contributed by atoms with Gasteiger partial charge in [0.1, 0.15) is 0 Å². The van der Waals surface area contributed by atoms with Gasteiger partial charge in [-0.15, -0.1) is 0 Å². The summed E-state index contributed by atoms with van der Waals surface area (Å²) in [6, 6.07) is 14.0. The zero-order chi connectivity index (χ0) is 16.5. The van der Waals surface area contributed by atoms with E-state index in [2.05, 4.69) is 27.0 Å². The third-order valence-corrected chi connectivity index (χ3v) is 5.12. The van der Waals surface area contributed by atoms with Crippen molar-refractivity contribution in [3.05, 3.63) is 66.1 Å². The quantitative estimate of drug-likeness (QED) is 0.795.